The second-order valence-corrected chi connectivity index (χ2v) is 7.13. The van der Waals surface area contributed by atoms with Gasteiger partial charge in [-0.3, -0.25) is 9.69 Å². The summed E-state index contributed by atoms with van der Waals surface area (Å²) >= 11 is 0. The van der Waals surface area contributed by atoms with E-state index in [1.165, 1.54) is 0 Å². The van der Waals surface area contributed by atoms with Gasteiger partial charge in [0.05, 0.1) is 0 Å². The normalized spacial score (nSPS) is 18.2. The first-order valence-electron chi connectivity index (χ1n) is 9.61. The molecule has 2 N–H and O–H groups in total. The smallest absolute Gasteiger partial charge is 0.319 e. The van der Waals surface area contributed by atoms with E-state index >= 15 is 0 Å². The van der Waals surface area contributed by atoms with Gasteiger partial charge in [0.2, 0.25) is 5.91 Å². The molecule has 26 heavy (non-hydrogen) atoms. The molecule has 0 radical (unpaired) electrons. The van der Waals surface area contributed by atoms with E-state index in [1.807, 2.05) is 49.1 Å². The second-order valence-electron chi connectivity index (χ2n) is 7.13. The molecule has 1 aromatic carbocycles. The van der Waals surface area contributed by atoms with Gasteiger partial charge in [-0.05, 0) is 37.6 Å². The molecule has 0 aromatic heterocycles. The minimum Gasteiger partial charge on any atom is -0.339 e. The van der Waals surface area contributed by atoms with Crippen LogP contribution in [-0.2, 0) is 4.79 Å². The van der Waals surface area contributed by atoms with Crippen molar-refractivity contribution in [2.45, 2.75) is 46.2 Å². The van der Waals surface area contributed by atoms with Gasteiger partial charge in [-0.2, -0.15) is 0 Å². The molecule has 2 rings (SSSR count). The number of nitrogens with zero attached hydrogens (tertiary/aromatic N) is 2. The van der Waals surface area contributed by atoms with Crippen molar-refractivity contribution >= 4 is 17.6 Å². The molecule has 1 saturated heterocycles. The van der Waals surface area contributed by atoms with E-state index in [1.54, 1.807) is 0 Å². The largest absolute Gasteiger partial charge is 0.339 e. The van der Waals surface area contributed by atoms with Crippen molar-refractivity contribution in [2.24, 2.45) is 5.92 Å². The molecule has 144 valence electrons. The Morgan fingerprint density at radius 2 is 1.85 bits per heavy atom. The highest BCUT2D eigenvalue weighted by Gasteiger charge is 2.34. The highest BCUT2D eigenvalue weighted by Crippen LogP contribution is 2.18. The zero-order chi connectivity index (χ0) is 19.1. The van der Waals surface area contributed by atoms with Crippen molar-refractivity contribution in [3.63, 3.8) is 0 Å². The lowest BCUT2D eigenvalue weighted by molar-refractivity contribution is -0.133. The Morgan fingerprint density at radius 1 is 1.19 bits per heavy atom. The van der Waals surface area contributed by atoms with Crippen molar-refractivity contribution in [1.82, 2.24) is 15.1 Å². The predicted octanol–water partition coefficient (Wildman–Crippen LogP) is 2.78. The van der Waals surface area contributed by atoms with Crippen molar-refractivity contribution in [3.8, 4) is 0 Å². The summed E-state index contributed by atoms with van der Waals surface area (Å²) < 4.78 is 0. The van der Waals surface area contributed by atoms with E-state index in [2.05, 4.69) is 29.4 Å². The van der Waals surface area contributed by atoms with Crippen LogP contribution in [0.15, 0.2) is 30.3 Å². The van der Waals surface area contributed by atoms with Crippen LogP contribution in [0.2, 0.25) is 0 Å². The molecule has 3 amide bonds. The van der Waals surface area contributed by atoms with Crippen LogP contribution < -0.4 is 10.6 Å². The Hall–Kier alpha value is -2.08. The first-order valence-corrected chi connectivity index (χ1v) is 9.61. The molecule has 1 aromatic rings. The maximum atomic E-state index is 13.0. The van der Waals surface area contributed by atoms with E-state index in [0.717, 1.165) is 32.6 Å². The molecular formula is C20H32N4O2. The summed E-state index contributed by atoms with van der Waals surface area (Å²) in [5, 5.41) is 5.65. The average molecular weight is 361 g/mol. The first-order chi connectivity index (χ1) is 12.5. The summed E-state index contributed by atoms with van der Waals surface area (Å²) in [6.07, 6.45) is 0.994. The molecule has 2 atom stereocenters. The molecule has 6 heteroatoms. The fraction of sp³-hybridized carbons (Fsp3) is 0.600. The molecule has 6 nitrogen and oxygen atoms in total. The van der Waals surface area contributed by atoms with Gasteiger partial charge < -0.3 is 15.5 Å². The standard InChI is InChI=1S/C20H32N4O2/c1-5-23(6-2)17-12-13-24(14-17)19(25)18(15(3)4)22-20(26)21-16-10-8-7-9-11-16/h7-11,15,17-18H,5-6,12-14H2,1-4H3,(H2,21,22,26)/t17-,18+/m1/s1. The van der Waals surface area contributed by atoms with Gasteiger partial charge in [0.1, 0.15) is 6.04 Å². The van der Waals surface area contributed by atoms with Gasteiger partial charge in [0.15, 0.2) is 0 Å². The molecule has 1 fully saturated rings. The molecular weight excluding hydrogens is 328 g/mol. The number of para-hydroxylation sites is 1. The topological polar surface area (TPSA) is 64.7 Å². The number of hydrogen-bond donors (Lipinski definition) is 2. The summed E-state index contributed by atoms with van der Waals surface area (Å²) in [5.74, 6) is 0.0365. The molecule has 1 aliphatic rings. The van der Waals surface area contributed by atoms with E-state index in [4.69, 9.17) is 0 Å². The molecule has 0 aliphatic carbocycles. The summed E-state index contributed by atoms with van der Waals surface area (Å²) in [4.78, 5) is 29.6. The van der Waals surface area contributed by atoms with E-state index in [0.29, 0.717) is 11.7 Å². The predicted molar refractivity (Wildman–Crippen MR) is 105 cm³/mol. The third-order valence-corrected chi connectivity index (χ3v) is 5.05. The van der Waals surface area contributed by atoms with E-state index in [-0.39, 0.29) is 17.9 Å². The van der Waals surface area contributed by atoms with Crippen molar-refractivity contribution in [1.29, 1.82) is 0 Å². The van der Waals surface area contributed by atoms with Crippen molar-refractivity contribution in [2.75, 3.05) is 31.5 Å². The third kappa shape index (κ3) is 5.21. The number of benzene rings is 1. The van der Waals surface area contributed by atoms with Gasteiger partial charge in [0, 0.05) is 24.8 Å². The zero-order valence-electron chi connectivity index (χ0n) is 16.4. The summed E-state index contributed by atoms with van der Waals surface area (Å²) in [6, 6.07) is 8.80. The number of hydrogen-bond acceptors (Lipinski definition) is 3. The number of carbonyl (C=O) groups excluding carboxylic acids is 2. The van der Waals surface area contributed by atoms with Crippen LogP contribution in [0, 0.1) is 5.92 Å². The van der Waals surface area contributed by atoms with Gasteiger partial charge in [-0.1, -0.05) is 45.9 Å². The molecule has 1 aliphatic heterocycles. The number of anilines is 1. The van der Waals surface area contributed by atoms with Gasteiger partial charge >= 0.3 is 6.03 Å². The average Bonchev–Trinajstić information content (AvgIpc) is 3.11. The Labute approximate surface area is 156 Å². The Bertz CT molecular complexity index is 587. The zero-order valence-corrected chi connectivity index (χ0v) is 16.4. The lowest BCUT2D eigenvalue weighted by atomic mass is 10.0. The van der Waals surface area contributed by atoms with Gasteiger partial charge in [0.25, 0.3) is 0 Å². The molecule has 1 heterocycles. The summed E-state index contributed by atoms with van der Waals surface area (Å²) in [6.45, 7) is 11.7. The van der Waals surface area contributed by atoms with Crippen molar-refractivity contribution < 1.29 is 9.59 Å². The maximum absolute atomic E-state index is 13.0. The SMILES string of the molecule is CCN(CC)[C@@H]1CCN(C(=O)[C@@H](NC(=O)Nc2ccccc2)C(C)C)C1. The number of amides is 3. The number of likely N-dealkylation sites (N-methyl/N-ethyl adjacent to an activating group) is 1. The first kappa shape index (κ1) is 20.2. The Morgan fingerprint density at radius 3 is 2.42 bits per heavy atom. The van der Waals surface area contributed by atoms with Gasteiger partial charge in [-0.15, -0.1) is 0 Å². The number of urea groups is 1. The summed E-state index contributed by atoms with van der Waals surface area (Å²) in [5.41, 5.74) is 0.711. The minimum absolute atomic E-state index is 0.0119. The number of nitrogens with one attached hydrogen (secondary N) is 2. The molecule has 0 unspecified atom stereocenters. The Balaban J connectivity index is 1.96. The third-order valence-electron chi connectivity index (χ3n) is 5.05. The van der Waals surface area contributed by atoms with Gasteiger partial charge in [-0.25, -0.2) is 4.79 Å². The summed E-state index contributed by atoms with van der Waals surface area (Å²) in [7, 11) is 0. The fourth-order valence-electron chi connectivity index (χ4n) is 3.52. The van der Waals surface area contributed by atoms with Crippen molar-refractivity contribution in [3.05, 3.63) is 30.3 Å². The quantitative estimate of drug-likeness (QED) is 0.786. The highest BCUT2D eigenvalue weighted by molar-refractivity contribution is 5.93. The fourth-order valence-corrected chi connectivity index (χ4v) is 3.52. The highest BCUT2D eigenvalue weighted by atomic mass is 16.2. The lowest BCUT2D eigenvalue weighted by Gasteiger charge is -2.29. The van der Waals surface area contributed by atoms with Crippen LogP contribution in [0.4, 0.5) is 10.5 Å². The maximum Gasteiger partial charge on any atom is 0.319 e. The van der Waals surface area contributed by atoms with Crippen LogP contribution in [0.25, 0.3) is 0 Å². The molecule has 0 bridgehead atoms. The molecule has 0 spiro atoms. The van der Waals surface area contributed by atoms with Crippen LogP contribution in [0.1, 0.15) is 34.1 Å². The number of likely N-dealkylation sites (tertiary alicyclic amines) is 1. The lowest BCUT2D eigenvalue weighted by Crippen LogP contribution is -2.52. The second kappa shape index (κ2) is 9.57. The Kier molecular flexibility index (Phi) is 7.45. The van der Waals surface area contributed by atoms with Crippen LogP contribution in [0.5, 0.6) is 0 Å². The van der Waals surface area contributed by atoms with Crippen LogP contribution in [0.3, 0.4) is 0 Å². The van der Waals surface area contributed by atoms with E-state index in [9.17, 15) is 9.59 Å². The molecule has 0 saturated carbocycles. The number of rotatable bonds is 7. The minimum atomic E-state index is -0.519. The number of carbonyl (C=O) groups is 2. The monoisotopic (exact) mass is 360 g/mol. The van der Waals surface area contributed by atoms with Crippen LogP contribution in [-0.4, -0.2) is 60.0 Å². The van der Waals surface area contributed by atoms with E-state index < -0.39 is 6.04 Å². The van der Waals surface area contributed by atoms with Crippen LogP contribution >= 0.6 is 0 Å².